The van der Waals surface area contributed by atoms with E-state index in [4.69, 9.17) is 14.2 Å². The Morgan fingerprint density at radius 2 is 1.32 bits per heavy atom. The number of ether oxygens (including phenoxy) is 3. The quantitative estimate of drug-likeness (QED) is 0.391. The van der Waals surface area contributed by atoms with Crippen LogP contribution in [0.3, 0.4) is 0 Å². The molecule has 2 rings (SSSR count). The van der Waals surface area contributed by atoms with Crippen LogP contribution in [-0.2, 0) is 14.2 Å². The van der Waals surface area contributed by atoms with E-state index in [0.29, 0.717) is 5.92 Å². The molecule has 0 bridgehead atoms. The molecule has 0 amide bonds. The first-order chi connectivity index (χ1) is 10.8. The van der Waals surface area contributed by atoms with E-state index in [1.54, 1.807) is 0 Å². The van der Waals surface area contributed by atoms with Crippen molar-refractivity contribution in [3.8, 4) is 0 Å². The van der Waals surface area contributed by atoms with Crippen molar-refractivity contribution in [1.82, 2.24) is 0 Å². The molecule has 6 nitrogen and oxygen atoms in total. The van der Waals surface area contributed by atoms with Gasteiger partial charge in [-0.15, -0.1) is 0 Å². The van der Waals surface area contributed by atoms with E-state index < -0.39 is 18.5 Å². The van der Waals surface area contributed by atoms with Gasteiger partial charge in [0, 0.05) is 94.0 Å². The smallest absolute Gasteiger partial charge is 0.161 e. The minimum absolute atomic E-state index is 0. The molecule has 0 aromatic carbocycles. The van der Waals surface area contributed by atoms with E-state index >= 15 is 0 Å². The van der Waals surface area contributed by atoms with Crippen molar-refractivity contribution in [3.63, 3.8) is 0 Å². The van der Waals surface area contributed by atoms with Crippen LogP contribution < -0.4 is 0 Å². The van der Waals surface area contributed by atoms with Gasteiger partial charge in [-0.2, -0.15) is 0 Å². The van der Waals surface area contributed by atoms with Crippen molar-refractivity contribution in [2.75, 3.05) is 13.2 Å². The third-order valence-electron chi connectivity index (χ3n) is 5.98. The van der Waals surface area contributed by atoms with Gasteiger partial charge in [0.1, 0.15) is 12.2 Å². The van der Waals surface area contributed by atoms with Crippen LogP contribution in [0.5, 0.6) is 0 Å². The van der Waals surface area contributed by atoms with Crippen molar-refractivity contribution in [2.24, 2.45) is 23.7 Å². The summed E-state index contributed by atoms with van der Waals surface area (Å²) in [7, 11) is 0. The Balaban J connectivity index is 0.00000288. The molecule has 25 heavy (non-hydrogen) atoms. The van der Waals surface area contributed by atoms with Crippen molar-refractivity contribution >= 4 is 0 Å². The van der Waals surface area contributed by atoms with Gasteiger partial charge in [-0.3, -0.25) is 0 Å². The van der Waals surface area contributed by atoms with Gasteiger partial charge in [0.25, 0.3) is 0 Å². The first-order valence-corrected chi connectivity index (χ1v) is 8.67. The van der Waals surface area contributed by atoms with Crippen molar-refractivity contribution in [2.45, 2.75) is 71.4 Å². The van der Waals surface area contributed by atoms with Crippen LogP contribution in [0.2, 0.25) is 0 Å². The minimum Gasteiger partial charge on any atom is -0.394 e. The Morgan fingerprint density at radius 1 is 0.760 bits per heavy atom. The molecule has 2 aliphatic heterocycles. The fraction of sp³-hybridized carbons (Fsp3) is 1.00. The largest absolute Gasteiger partial charge is 0.394 e. The monoisotopic (exact) mass is 786 g/mol. The summed E-state index contributed by atoms with van der Waals surface area (Å²) >= 11 is 0. The molecule has 2 aliphatic rings. The average Bonchev–Trinajstić information content (AvgIpc) is 2.55. The minimum atomic E-state index is -0.706. The van der Waals surface area contributed by atoms with Crippen LogP contribution in [0.15, 0.2) is 0 Å². The molecule has 3 N–H and O–H groups in total. The maximum atomic E-state index is 10.2. The second-order valence-electron chi connectivity index (χ2n) is 7.32. The Bertz CT molecular complexity index is 384. The molecule has 2 saturated heterocycles. The molecule has 8 heteroatoms. The van der Waals surface area contributed by atoms with Gasteiger partial charge in [-0.05, 0) is 24.7 Å². The Kier molecular flexibility index (Phi) is 13.7. The van der Waals surface area contributed by atoms with Gasteiger partial charge in [-0.1, -0.05) is 27.7 Å². The molecule has 0 aromatic rings. The number of aliphatic hydroxyl groups is 3. The van der Waals surface area contributed by atoms with Crippen molar-refractivity contribution < 1.29 is 118 Å². The Morgan fingerprint density at radius 3 is 1.84 bits per heavy atom. The van der Waals surface area contributed by atoms with Crippen LogP contribution in [0.4, 0.5) is 0 Å². The summed E-state index contributed by atoms with van der Waals surface area (Å²) < 4.78 is 17.9. The predicted molar refractivity (Wildman–Crippen MR) is 84.7 cm³/mol. The molecule has 10 atom stereocenters. The summed E-state index contributed by atoms with van der Waals surface area (Å²) in [5, 5.41) is 29.2. The zero-order valence-corrected chi connectivity index (χ0v) is 25.4. The number of rotatable bonds is 4. The Labute approximate surface area is 222 Å². The zero-order chi connectivity index (χ0) is 17.3. The van der Waals surface area contributed by atoms with Gasteiger partial charge in [0.15, 0.2) is 6.29 Å². The van der Waals surface area contributed by atoms with Gasteiger partial charge in [0.05, 0.1) is 31.5 Å². The molecular weight excluding hydrogens is 754 g/mol. The van der Waals surface area contributed by atoms with Gasteiger partial charge >= 0.3 is 0 Å². The molecule has 0 aromatic heterocycles. The summed E-state index contributed by atoms with van der Waals surface area (Å²) in [5.41, 5.74) is 0. The summed E-state index contributed by atoms with van der Waals surface area (Å²) in [6.45, 7) is 9.80. The van der Waals surface area contributed by atoms with Gasteiger partial charge in [-0.25, -0.2) is 0 Å². The first kappa shape index (κ1) is 27.6. The summed E-state index contributed by atoms with van der Waals surface area (Å²) in [6.07, 6.45) is -2.48. The molecule has 142 valence electrons. The normalized spacial score (nSPS) is 47.5. The van der Waals surface area contributed by atoms with E-state index in [1.807, 2.05) is 20.8 Å². The van der Waals surface area contributed by atoms with Gasteiger partial charge < -0.3 is 29.5 Å². The fourth-order valence-electron chi connectivity index (χ4n) is 3.64. The second kappa shape index (κ2) is 12.4. The average molecular weight is 786 g/mol. The molecule has 5 unspecified atom stereocenters. The maximum Gasteiger partial charge on any atom is 0.161 e. The zero-order valence-electron chi connectivity index (χ0n) is 15.9. The fourth-order valence-corrected chi connectivity index (χ4v) is 3.64. The number of aliphatic hydroxyl groups excluding tert-OH is 3. The standard InChI is InChI=1S/C17H32O6.2Ac/c1-8-10(3)16(14(7-19)21-12(8)5)23-17-11(4)9(2)15(20)13(6-18)22-17;;/h8-20H,6-7H2,1-5H3;;/t8?,9-,10-,11?,12?,13?,14?,15-,16-,17+;;/m1../s1. The Hall–Kier alpha value is 2.64. The SMILES string of the molecule is CC1OC(CO)[C@H](O[C@@H]2OC(CO)[C@H](O)[C@H](C)C2C)[C@H](C)C1C.[Ac].[Ac]. The first-order valence-electron chi connectivity index (χ1n) is 8.67. The summed E-state index contributed by atoms with van der Waals surface area (Å²) in [4.78, 5) is 0. The van der Waals surface area contributed by atoms with Crippen molar-refractivity contribution in [3.05, 3.63) is 0 Å². The number of hydrogen-bond donors (Lipinski definition) is 3. The molecule has 2 heterocycles. The van der Waals surface area contributed by atoms with Crippen molar-refractivity contribution in [1.29, 1.82) is 0 Å². The van der Waals surface area contributed by atoms with Crippen LogP contribution in [0, 0.1) is 112 Å². The topological polar surface area (TPSA) is 88.4 Å². The van der Waals surface area contributed by atoms with E-state index in [-0.39, 0.29) is 137 Å². The van der Waals surface area contributed by atoms with Crippen LogP contribution in [0.1, 0.15) is 34.6 Å². The van der Waals surface area contributed by atoms with Crippen LogP contribution in [-0.4, -0.2) is 65.3 Å². The molecule has 0 saturated carbocycles. The van der Waals surface area contributed by atoms with Gasteiger partial charge in [0.2, 0.25) is 0 Å². The molecule has 2 radical (unpaired) electrons. The van der Waals surface area contributed by atoms with Crippen LogP contribution >= 0.6 is 0 Å². The molecule has 0 aliphatic carbocycles. The predicted octanol–water partition coefficient (Wildman–Crippen LogP) is 0.774. The second-order valence-corrected chi connectivity index (χ2v) is 7.32. The molecular formula is C17H32Ac2O6. The molecule has 0 spiro atoms. The number of hydrogen-bond acceptors (Lipinski definition) is 6. The van der Waals surface area contributed by atoms with Crippen LogP contribution in [0.25, 0.3) is 0 Å². The van der Waals surface area contributed by atoms with E-state index in [0.717, 1.165) is 0 Å². The molecule has 2 fully saturated rings. The van der Waals surface area contributed by atoms with E-state index in [1.165, 1.54) is 0 Å². The maximum absolute atomic E-state index is 10.2. The third-order valence-corrected chi connectivity index (χ3v) is 5.98. The van der Waals surface area contributed by atoms with E-state index in [9.17, 15) is 15.3 Å². The summed E-state index contributed by atoms with van der Waals surface area (Å²) in [5.74, 6) is 0.448. The van der Waals surface area contributed by atoms with E-state index in [2.05, 4.69) is 13.8 Å². The summed E-state index contributed by atoms with van der Waals surface area (Å²) in [6, 6.07) is 0. The third kappa shape index (κ3) is 6.31.